The highest BCUT2D eigenvalue weighted by Crippen LogP contribution is 2.26. The van der Waals surface area contributed by atoms with Crippen LogP contribution in [0.3, 0.4) is 0 Å². The molecule has 2 atom stereocenters. The summed E-state index contributed by atoms with van der Waals surface area (Å²) >= 11 is 0. The molecule has 0 saturated carbocycles. The van der Waals surface area contributed by atoms with Crippen LogP contribution in [0, 0.1) is 0 Å². The Morgan fingerprint density at radius 1 is 1.12 bits per heavy atom. The molecule has 1 aromatic rings. The van der Waals surface area contributed by atoms with Crippen molar-refractivity contribution in [3.8, 4) is 11.5 Å². The largest absolute Gasteiger partial charge is 0.504 e. The maximum absolute atomic E-state index is 12.0. The first-order valence-electron chi connectivity index (χ1n) is 6.74. The van der Waals surface area contributed by atoms with E-state index in [1.54, 1.807) is 6.92 Å². The Bertz CT molecular complexity index is 678. The van der Waals surface area contributed by atoms with Gasteiger partial charge in [-0.3, -0.25) is 0 Å². The van der Waals surface area contributed by atoms with Gasteiger partial charge in [0.2, 0.25) is 6.10 Å². The fourth-order valence-electron chi connectivity index (χ4n) is 1.71. The lowest BCUT2D eigenvalue weighted by atomic mass is 10.1. The normalized spacial score (nSPS) is 13.8. The fraction of sp³-hybridized carbons (Fsp3) is 0.267. The summed E-state index contributed by atoms with van der Waals surface area (Å²) in [6.07, 6.45) is -3.30. The lowest BCUT2D eigenvalue weighted by molar-refractivity contribution is -0.176. The monoisotopic (exact) mass is 340 g/mol. The molecule has 0 radical (unpaired) electrons. The number of benzene rings is 1. The second kappa shape index (κ2) is 7.97. The second-order valence-electron chi connectivity index (χ2n) is 4.72. The van der Waals surface area contributed by atoms with Crippen molar-refractivity contribution in [3.05, 3.63) is 29.3 Å². The zero-order valence-electron chi connectivity index (χ0n) is 12.5. The van der Waals surface area contributed by atoms with E-state index >= 15 is 0 Å². The zero-order valence-corrected chi connectivity index (χ0v) is 12.5. The fourth-order valence-corrected chi connectivity index (χ4v) is 1.71. The Morgan fingerprint density at radius 2 is 1.75 bits per heavy atom. The van der Waals surface area contributed by atoms with Gasteiger partial charge in [-0.15, -0.1) is 0 Å². The first kappa shape index (κ1) is 19.0. The smallest absolute Gasteiger partial charge is 0.348 e. The number of phenols is 2. The van der Waals surface area contributed by atoms with Crippen LogP contribution in [-0.4, -0.2) is 55.6 Å². The molecule has 0 unspecified atom stereocenters. The third-order valence-electron chi connectivity index (χ3n) is 3.00. The van der Waals surface area contributed by atoms with Crippen molar-refractivity contribution in [2.45, 2.75) is 25.6 Å². The predicted molar refractivity (Wildman–Crippen MR) is 79.2 cm³/mol. The van der Waals surface area contributed by atoms with Gasteiger partial charge < -0.3 is 30.3 Å². The van der Waals surface area contributed by atoms with Crippen LogP contribution >= 0.6 is 0 Å². The Kier molecular flexibility index (Phi) is 6.30. The second-order valence-corrected chi connectivity index (χ2v) is 4.72. The van der Waals surface area contributed by atoms with Crippen molar-refractivity contribution < 1.29 is 44.7 Å². The molecule has 24 heavy (non-hydrogen) atoms. The van der Waals surface area contributed by atoms with E-state index < -0.39 is 35.9 Å². The number of carbonyl (C=O) groups is 3. The van der Waals surface area contributed by atoms with Crippen molar-refractivity contribution in [1.29, 1.82) is 0 Å². The summed E-state index contributed by atoms with van der Waals surface area (Å²) in [6.45, 7) is 1.57. The minimum atomic E-state index is -2.41. The van der Waals surface area contributed by atoms with Gasteiger partial charge in [0.1, 0.15) is 0 Å². The maximum Gasteiger partial charge on any atom is 0.348 e. The molecule has 0 aromatic heterocycles. The molecule has 0 heterocycles. The molecular formula is C15H16O9. The SMILES string of the molecule is CC/C(=C/c1ccc(O)c(O)c1)C(=O)O[C@@H](C(=O)O)[C@@H](O)C(=O)O. The first-order chi connectivity index (χ1) is 11.2. The van der Waals surface area contributed by atoms with Crippen molar-refractivity contribution in [3.63, 3.8) is 0 Å². The van der Waals surface area contributed by atoms with Crippen LogP contribution in [0.4, 0.5) is 0 Å². The van der Waals surface area contributed by atoms with Crippen molar-refractivity contribution in [2.24, 2.45) is 0 Å². The number of aliphatic carboxylic acids is 2. The number of ether oxygens (including phenoxy) is 1. The van der Waals surface area contributed by atoms with E-state index in [1.165, 1.54) is 24.3 Å². The average molecular weight is 340 g/mol. The molecule has 9 heteroatoms. The number of esters is 1. The van der Waals surface area contributed by atoms with E-state index in [0.717, 1.165) is 0 Å². The van der Waals surface area contributed by atoms with E-state index in [2.05, 4.69) is 4.74 Å². The van der Waals surface area contributed by atoms with E-state index in [4.69, 9.17) is 10.2 Å². The van der Waals surface area contributed by atoms with Gasteiger partial charge in [0.15, 0.2) is 17.6 Å². The summed E-state index contributed by atoms with van der Waals surface area (Å²) in [5, 5.41) is 45.4. The van der Waals surface area contributed by atoms with E-state index in [1.807, 2.05) is 0 Å². The average Bonchev–Trinajstić information content (AvgIpc) is 2.52. The molecule has 0 fully saturated rings. The molecule has 1 aromatic carbocycles. The van der Waals surface area contributed by atoms with Crippen LogP contribution in [-0.2, 0) is 19.1 Å². The summed E-state index contributed by atoms with van der Waals surface area (Å²) in [7, 11) is 0. The van der Waals surface area contributed by atoms with Crippen LogP contribution in [0.25, 0.3) is 6.08 Å². The lowest BCUT2D eigenvalue weighted by Gasteiger charge is -2.17. The minimum Gasteiger partial charge on any atom is -0.504 e. The number of phenolic OH excluding ortho intramolecular Hbond substituents is 2. The Morgan fingerprint density at radius 3 is 2.21 bits per heavy atom. The number of hydrogen-bond donors (Lipinski definition) is 5. The van der Waals surface area contributed by atoms with Gasteiger partial charge in [0.05, 0.1) is 0 Å². The molecular weight excluding hydrogens is 324 g/mol. The van der Waals surface area contributed by atoms with Crippen molar-refractivity contribution >= 4 is 24.0 Å². The summed E-state index contributed by atoms with van der Waals surface area (Å²) < 4.78 is 4.56. The Balaban J connectivity index is 3.03. The summed E-state index contributed by atoms with van der Waals surface area (Å²) in [5.41, 5.74) is 0.300. The van der Waals surface area contributed by atoms with Gasteiger partial charge in [-0.2, -0.15) is 0 Å². The van der Waals surface area contributed by atoms with Gasteiger partial charge in [-0.25, -0.2) is 14.4 Å². The van der Waals surface area contributed by atoms with Crippen LogP contribution in [0.5, 0.6) is 11.5 Å². The number of carboxylic acid groups (broad SMARTS) is 2. The summed E-state index contributed by atoms with van der Waals surface area (Å²) in [5.74, 6) is -5.56. The zero-order chi connectivity index (χ0) is 18.4. The number of aliphatic hydroxyl groups is 1. The standard InChI is InChI=1S/C15H16O9/c1-2-8(5-7-3-4-9(16)10(17)6-7)15(23)24-12(14(21)22)11(18)13(19)20/h3-6,11-12,16-18H,2H2,1H3,(H,19,20)(H,21,22)/b8-5-/t11-,12-/m1/s1. The number of aliphatic hydroxyl groups excluding tert-OH is 1. The highest BCUT2D eigenvalue weighted by molar-refractivity contribution is 5.96. The van der Waals surface area contributed by atoms with E-state index in [-0.39, 0.29) is 17.7 Å². The van der Waals surface area contributed by atoms with Crippen molar-refractivity contribution in [2.75, 3.05) is 0 Å². The number of hydrogen-bond acceptors (Lipinski definition) is 7. The molecule has 0 aliphatic heterocycles. The predicted octanol–water partition coefficient (Wildman–Crippen LogP) is 0.333. The number of rotatable bonds is 7. The van der Waals surface area contributed by atoms with Gasteiger partial charge in [0, 0.05) is 5.57 Å². The molecule has 0 spiro atoms. The van der Waals surface area contributed by atoms with Gasteiger partial charge in [-0.1, -0.05) is 13.0 Å². The molecule has 5 N–H and O–H groups in total. The van der Waals surface area contributed by atoms with Gasteiger partial charge >= 0.3 is 17.9 Å². The summed E-state index contributed by atoms with van der Waals surface area (Å²) in [4.78, 5) is 33.6. The molecule has 0 bridgehead atoms. The molecule has 0 aliphatic carbocycles. The first-order valence-corrected chi connectivity index (χ1v) is 6.74. The van der Waals surface area contributed by atoms with Crippen LogP contribution in [0.1, 0.15) is 18.9 Å². The Labute approximate surface area is 136 Å². The molecule has 9 nitrogen and oxygen atoms in total. The van der Waals surface area contributed by atoms with E-state index in [0.29, 0.717) is 5.56 Å². The topological polar surface area (TPSA) is 162 Å². The highest BCUT2D eigenvalue weighted by Gasteiger charge is 2.36. The number of carbonyl (C=O) groups excluding carboxylic acids is 1. The third kappa shape index (κ3) is 4.71. The molecule has 1 rings (SSSR count). The number of carboxylic acids is 2. The van der Waals surface area contributed by atoms with Gasteiger partial charge in [-0.05, 0) is 30.2 Å². The molecule has 0 amide bonds. The van der Waals surface area contributed by atoms with E-state index in [9.17, 15) is 29.7 Å². The third-order valence-corrected chi connectivity index (χ3v) is 3.00. The summed E-state index contributed by atoms with van der Waals surface area (Å²) in [6, 6.07) is 3.74. The molecule has 130 valence electrons. The Hall–Kier alpha value is -3.07. The molecule has 0 saturated heterocycles. The minimum absolute atomic E-state index is 0.0241. The van der Waals surface area contributed by atoms with Gasteiger partial charge in [0.25, 0.3) is 0 Å². The highest BCUT2D eigenvalue weighted by atomic mass is 16.6. The quantitative estimate of drug-likeness (QED) is 0.267. The van der Waals surface area contributed by atoms with Crippen LogP contribution in [0.15, 0.2) is 23.8 Å². The molecule has 0 aliphatic rings. The number of aromatic hydroxyl groups is 2. The maximum atomic E-state index is 12.0. The van der Waals surface area contributed by atoms with Crippen molar-refractivity contribution in [1.82, 2.24) is 0 Å². The lowest BCUT2D eigenvalue weighted by Crippen LogP contribution is -2.43. The van der Waals surface area contributed by atoms with Crippen LogP contribution in [0.2, 0.25) is 0 Å². The van der Waals surface area contributed by atoms with Crippen LogP contribution < -0.4 is 0 Å².